The van der Waals surface area contributed by atoms with E-state index >= 15 is 0 Å². The lowest BCUT2D eigenvalue weighted by Gasteiger charge is -2.22. The maximum Gasteiger partial charge on any atom is 0.310 e. The van der Waals surface area contributed by atoms with Crippen LogP contribution in [0.5, 0.6) is 0 Å². The van der Waals surface area contributed by atoms with E-state index in [1.165, 1.54) is 0 Å². The summed E-state index contributed by atoms with van der Waals surface area (Å²) in [5, 5.41) is 16.3. The fourth-order valence-electron chi connectivity index (χ4n) is 2.71. The van der Waals surface area contributed by atoms with E-state index in [-0.39, 0.29) is 11.4 Å². The highest BCUT2D eigenvalue weighted by molar-refractivity contribution is 6.05. The van der Waals surface area contributed by atoms with Crippen molar-refractivity contribution in [2.75, 3.05) is 5.32 Å². The molecule has 0 saturated carbocycles. The topological polar surface area (TPSA) is 84.2 Å². The molecule has 0 bridgehead atoms. The summed E-state index contributed by atoms with van der Waals surface area (Å²) in [4.78, 5) is 23.8. The molecular formula is C19H25N3O3. The maximum absolute atomic E-state index is 12.7. The molecule has 1 aromatic heterocycles. The predicted octanol–water partition coefficient (Wildman–Crippen LogP) is 3.64. The zero-order valence-electron chi connectivity index (χ0n) is 15.3. The minimum absolute atomic E-state index is 0.208. The van der Waals surface area contributed by atoms with E-state index < -0.39 is 11.9 Å². The van der Waals surface area contributed by atoms with E-state index in [1.807, 2.05) is 32.4 Å². The third-order valence-electron chi connectivity index (χ3n) is 4.10. The summed E-state index contributed by atoms with van der Waals surface area (Å²) in [5.74, 6) is -1.78. The number of amides is 1. The molecule has 6 heteroatoms. The minimum atomic E-state index is -0.900. The average Bonchev–Trinajstić information content (AvgIpc) is 2.98. The number of nitrogens with one attached hydrogen (secondary N) is 1. The number of carboxylic acids is 1. The molecule has 0 aliphatic carbocycles. The number of anilines is 1. The van der Waals surface area contributed by atoms with Crippen molar-refractivity contribution in [2.45, 2.75) is 52.5 Å². The molecule has 0 aliphatic rings. The van der Waals surface area contributed by atoms with Gasteiger partial charge in [0.1, 0.15) is 0 Å². The second-order valence-electron chi connectivity index (χ2n) is 7.08. The van der Waals surface area contributed by atoms with Crippen molar-refractivity contribution in [2.24, 2.45) is 0 Å². The van der Waals surface area contributed by atoms with E-state index in [2.05, 4.69) is 10.4 Å². The molecule has 1 atom stereocenters. The second kappa shape index (κ2) is 7.09. The van der Waals surface area contributed by atoms with E-state index in [0.29, 0.717) is 23.2 Å². The first-order valence-corrected chi connectivity index (χ1v) is 8.36. The zero-order chi connectivity index (χ0) is 18.8. The Morgan fingerprint density at radius 2 is 2.00 bits per heavy atom. The first kappa shape index (κ1) is 18.7. The van der Waals surface area contributed by atoms with Crippen molar-refractivity contribution in [3.63, 3.8) is 0 Å². The van der Waals surface area contributed by atoms with Crippen molar-refractivity contribution in [1.29, 1.82) is 0 Å². The van der Waals surface area contributed by atoms with Crippen LogP contribution in [0.25, 0.3) is 0 Å². The Labute approximate surface area is 147 Å². The lowest BCUT2D eigenvalue weighted by Crippen LogP contribution is -2.26. The van der Waals surface area contributed by atoms with E-state index in [0.717, 1.165) is 5.69 Å². The highest BCUT2D eigenvalue weighted by Gasteiger charge is 2.23. The first-order valence-electron chi connectivity index (χ1n) is 8.36. The Hall–Kier alpha value is -2.63. The molecule has 0 saturated heterocycles. The number of carbonyl (C=O) groups is 2. The van der Waals surface area contributed by atoms with E-state index in [4.69, 9.17) is 5.11 Å². The number of carboxylic acid groups (broad SMARTS) is 1. The number of hydrogen-bond donors (Lipinski definition) is 2. The Morgan fingerprint density at radius 3 is 2.56 bits per heavy atom. The van der Waals surface area contributed by atoms with Crippen LogP contribution in [0.1, 0.15) is 62.2 Å². The van der Waals surface area contributed by atoms with Crippen LogP contribution >= 0.6 is 0 Å². The zero-order valence-corrected chi connectivity index (χ0v) is 15.3. The van der Waals surface area contributed by atoms with Gasteiger partial charge in [0.05, 0.1) is 28.9 Å². The van der Waals surface area contributed by atoms with Gasteiger partial charge in [0.15, 0.2) is 0 Å². The van der Waals surface area contributed by atoms with Crippen LogP contribution < -0.4 is 5.32 Å². The van der Waals surface area contributed by atoms with Crippen molar-refractivity contribution in [3.8, 4) is 0 Å². The summed E-state index contributed by atoms with van der Waals surface area (Å²) in [6, 6.07) is 6.92. The largest absolute Gasteiger partial charge is 0.481 e. The fraction of sp³-hybridized carbons (Fsp3) is 0.421. The van der Waals surface area contributed by atoms with Gasteiger partial charge in [0, 0.05) is 5.69 Å². The van der Waals surface area contributed by atoms with Gasteiger partial charge in [-0.15, -0.1) is 0 Å². The van der Waals surface area contributed by atoms with Crippen LogP contribution in [-0.4, -0.2) is 26.8 Å². The molecule has 0 fully saturated rings. The Kier molecular flexibility index (Phi) is 5.30. The van der Waals surface area contributed by atoms with Crippen molar-refractivity contribution in [3.05, 3.63) is 47.3 Å². The van der Waals surface area contributed by atoms with Crippen LogP contribution in [0.15, 0.2) is 30.5 Å². The van der Waals surface area contributed by atoms with Gasteiger partial charge in [-0.25, -0.2) is 0 Å². The van der Waals surface area contributed by atoms with Gasteiger partial charge in [-0.3, -0.25) is 14.3 Å². The van der Waals surface area contributed by atoms with Gasteiger partial charge in [-0.2, -0.15) is 5.10 Å². The number of carbonyl (C=O) groups excluding carboxylic acids is 1. The number of aliphatic carboxylic acids is 1. The van der Waals surface area contributed by atoms with E-state index in [1.54, 1.807) is 37.4 Å². The summed E-state index contributed by atoms with van der Waals surface area (Å²) in [5.41, 5.74) is 2.42. The second-order valence-corrected chi connectivity index (χ2v) is 7.08. The number of nitrogens with zero attached hydrogens (tertiary/aromatic N) is 2. The lowest BCUT2D eigenvalue weighted by molar-refractivity contribution is -0.138. The first-order chi connectivity index (χ1) is 11.6. The predicted molar refractivity (Wildman–Crippen MR) is 97.0 cm³/mol. The number of hydrogen-bond acceptors (Lipinski definition) is 3. The molecule has 1 heterocycles. The van der Waals surface area contributed by atoms with Crippen LogP contribution in [-0.2, 0) is 16.8 Å². The highest BCUT2D eigenvalue weighted by atomic mass is 16.4. The summed E-state index contributed by atoms with van der Waals surface area (Å²) in [6.07, 6.45) is 2.28. The smallest absolute Gasteiger partial charge is 0.310 e. The molecule has 0 spiro atoms. The van der Waals surface area contributed by atoms with Gasteiger partial charge in [-0.1, -0.05) is 19.1 Å². The molecule has 2 N–H and O–H groups in total. The molecule has 2 aromatic rings. The van der Waals surface area contributed by atoms with Crippen molar-refractivity contribution < 1.29 is 14.7 Å². The molecule has 134 valence electrons. The average molecular weight is 343 g/mol. The standard InChI is InChI=1S/C19H25N3O3/c1-6-16-15(11-20-22(16)19(3,4)5)17(23)21-14-9-7-8-13(10-14)12(2)18(24)25/h7-12H,6H2,1-5H3,(H,21,23)(H,24,25). The number of benzene rings is 1. The SMILES string of the molecule is CCc1c(C(=O)Nc2cccc(C(C)C(=O)O)c2)cnn1C(C)(C)C. The van der Waals surface area contributed by atoms with Crippen LogP contribution in [0, 0.1) is 0 Å². The van der Waals surface area contributed by atoms with Gasteiger partial charge < -0.3 is 10.4 Å². The molecule has 2 rings (SSSR count). The van der Waals surface area contributed by atoms with Gasteiger partial charge in [0.25, 0.3) is 5.91 Å². The lowest BCUT2D eigenvalue weighted by atomic mass is 10.0. The summed E-state index contributed by atoms with van der Waals surface area (Å²) in [7, 11) is 0. The molecule has 1 unspecified atom stereocenters. The Balaban J connectivity index is 2.28. The van der Waals surface area contributed by atoms with Gasteiger partial charge >= 0.3 is 5.97 Å². The van der Waals surface area contributed by atoms with Crippen molar-refractivity contribution >= 4 is 17.6 Å². The summed E-state index contributed by atoms with van der Waals surface area (Å²) >= 11 is 0. The van der Waals surface area contributed by atoms with Crippen molar-refractivity contribution in [1.82, 2.24) is 9.78 Å². The summed E-state index contributed by atoms with van der Waals surface area (Å²) in [6.45, 7) is 9.73. The highest BCUT2D eigenvalue weighted by Crippen LogP contribution is 2.22. The normalized spacial score (nSPS) is 12.7. The molecule has 25 heavy (non-hydrogen) atoms. The number of aromatic nitrogens is 2. The summed E-state index contributed by atoms with van der Waals surface area (Å²) < 4.78 is 1.87. The molecule has 6 nitrogen and oxygen atoms in total. The quantitative estimate of drug-likeness (QED) is 0.868. The molecule has 0 radical (unpaired) electrons. The minimum Gasteiger partial charge on any atom is -0.481 e. The van der Waals surface area contributed by atoms with Crippen LogP contribution in [0.2, 0.25) is 0 Å². The third-order valence-corrected chi connectivity index (χ3v) is 4.10. The Morgan fingerprint density at radius 1 is 1.32 bits per heavy atom. The van der Waals surface area contributed by atoms with Gasteiger partial charge in [-0.05, 0) is 51.8 Å². The molecule has 1 amide bonds. The fourth-order valence-corrected chi connectivity index (χ4v) is 2.71. The molecule has 1 aromatic carbocycles. The third kappa shape index (κ3) is 4.07. The van der Waals surface area contributed by atoms with Gasteiger partial charge in [0.2, 0.25) is 0 Å². The van der Waals surface area contributed by atoms with E-state index in [9.17, 15) is 9.59 Å². The van der Waals surface area contributed by atoms with Crippen LogP contribution in [0.4, 0.5) is 5.69 Å². The molecule has 0 aliphatic heterocycles. The van der Waals surface area contributed by atoms with Crippen LogP contribution in [0.3, 0.4) is 0 Å². The molecular weight excluding hydrogens is 318 g/mol. The maximum atomic E-state index is 12.7. The monoisotopic (exact) mass is 343 g/mol. The number of rotatable bonds is 5. The Bertz CT molecular complexity index is 787.